The van der Waals surface area contributed by atoms with Crippen LogP contribution in [0.1, 0.15) is 24.3 Å². The number of aryl methyl sites for hydroxylation is 1. The minimum Gasteiger partial charge on any atom is -0.376 e. The molecule has 112 valence electrons. The fourth-order valence-electron chi connectivity index (χ4n) is 2.04. The standard InChI is InChI=1S/C12H18N2O5S/c1-9-5-11(19-14-9)7-20(16,17)8-12(15)13-6-10-3-2-4-18-10/h5,10H,2-4,6-8H2,1H3,(H,13,15)/t10-/m1/s1. The molecule has 0 unspecified atom stereocenters. The molecule has 7 nitrogen and oxygen atoms in total. The third kappa shape index (κ3) is 4.61. The fraction of sp³-hybridized carbons (Fsp3) is 0.667. The van der Waals surface area contributed by atoms with Gasteiger partial charge in [-0.05, 0) is 19.8 Å². The maximum Gasteiger partial charge on any atom is 0.235 e. The highest BCUT2D eigenvalue weighted by molar-refractivity contribution is 7.91. The molecule has 1 aromatic rings. The van der Waals surface area contributed by atoms with Crippen LogP contribution in [0.25, 0.3) is 0 Å². The number of carbonyl (C=O) groups excluding carboxylic acids is 1. The number of sulfone groups is 1. The molecule has 0 bridgehead atoms. The van der Waals surface area contributed by atoms with Crippen LogP contribution >= 0.6 is 0 Å². The van der Waals surface area contributed by atoms with E-state index in [0.29, 0.717) is 18.8 Å². The van der Waals surface area contributed by atoms with Crippen LogP contribution in [-0.4, -0.2) is 44.5 Å². The smallest absolute Gasteiger partial charge is 0.235 e. The molecular formula is C12H18N2O5S. The monoisotopic (exact) mass is 302 g/mol. The van der Waals surface area contributed by atoms with Gasteiger partial charge in [0.05, 0.1) is 11.8 Å². The van der Waals surface area contributed by atoms with Gasteiger partial charge in [-0.1, -0.05) is 5.16 Å². The molecule has 1 aliphatic heterocycles. The van der Waals surface area contributed by atoms with Gasteiger partial charge < -0.3 is 14.6 Å². The van der Waals surface area contributed by atoms with E-state index in [1.165, 1.54) is 0 Å². The molecule has 0 spiro atoms. The Balaban J connectivity index is 1.79. The maximum absolute atomic E-state index is 11.8. The van der Waals surface area contributed by atoms with E-state index < -0.39 is 21.5 Å². The predicted molar refractivity (Wildman–Crippen MR) is 70.7 cm³/mol. The van der Waals surface area contributed by atoms with Gasteiger partial charge in [0.2, 0.25) is 5.91 Å². The van der Waals surface area contributed by atoms with E-state index in [1.54, 1.807) is 13.0 Å². The fourth-order valence-corrected chi connectivity index (χ4v) is 3.21. The number of hydrogen-bond donors (Lipinski definition) is 1. The number of nitrogens with zero attached hydrogens (tertiary/aromatic N) is 1. The van der Waals surface area contributed by atoms with Crippen LogP contribution in [0.15, 0.2) is 10.6 Å². The van der Waals surface area contributed by atoms with E-state index >= 15 is 0 Å². The molecule has 2 rings (SSSR count). The van der Waals surface area contributed by atoms with Gasteiger partial charge in [-0.3, -0.25) is 4.79 Å². The number of aromatic nitrogens is 1. The zero-order valence-electron chi connectivity index (χ0n) is 11.3. The molecule has 20 heavy (non-hydrogen) atoms. The molecule has 0 aromatic carbocycles. The molecule has 1 atom stereocenters. The Labute approximate surface area is 117 Å². The van der Waals surface area contributed by atoms with E-state index in [-0.39, 0.29) is 17.6 Å². The molecule has 1 aromatic heterocycles. The lowest BCUT2D eigenvalue weighted by Gasteiger charge is -2.10. The van der Waals surface area contributed by atoms with E-state index in [4.69, 9.17) is 9.26 Å². The third-order valence-corrected chi connectivity index (χ3v) is 4.37. The van der Waals surface area contributed by atoms with E-state index in [2.05, 4.69) is 10.5 Å². The SMILES string of the molecule is Cc1cc(CS(=O)(=O)CC(=O)NC[C@H]2CCCO2)on1. The normalized spacial score (nSPS) is 19.1. The van der Waals surface area contributed by atoms with Gasteiger partial charge in [0, 0.05) is 19.2 Å². The van der Waals surface area contributed by atoms with Crippen molar-refractivity contribution in [2.75, 3.05) is 18.9 Å². The average Bonchev–Trinajstić information content (AvgIpc) is 2.97. The second-order valence-corrected chi connectivity index (χ2v) is 6.97. The average molecular weight is 302 g/mol. The Morgan fingerprint density at radius 1 is 1.55 bits per heavy atom. The van der Waals surface area contributed by atoms with Gasteiger partial charge in [0.15, 0.2) is 15.6 Å². The molecule has 0 aliphatic carbocycles. The summed E-state index contributed by atoms with van der Waals surface area (Å²) in [6.07, 6.45) is 1.87. The molecule has 1 aliphatic rings. The van der Waals surface area contributed by atoms with Gasteiger partial charge in [0.1, 0.15) is 11.5 Å². The van der Waals surface area contributed by atoms with Crippen molar-refractivity contribution in [2.24, 2.45) is 0 Å². The molecule has 1 fully saturated rings. The summed E-state index contributed by atoms with van der Waals surface area (Å²) in [6.45, 7) is 2.76. The van der Waals surface area contributed by atoms with Crippen molar-refractivity contribution in [1.82, 2.24) is 10.5 Å². The van der Waals surface area contributed by atoms with Crippen molar-refractivity contribution in [3.05, 3.63) is 17.5 Å². The second-order valence-electron chi connectivity index (χ2n) is 4.91. The number of ether oxygens (including phenoxy) is 1. The lowest BCUT2D eigenvalue weighted by molar-refractivity contribution is -0.119. The summed E-state index contributed by atoms with van der Waals surface area (Å²) < 4.78 is 33.9. The topological polar surface area (TPSA) is 98.5 Å². The molecule has 0 radical (unpaired) electrons. The van der Waals surface area contributed by atoms with Crippen molar-refractivity contribution in [3.8, 4) is 0 Å². The van der Waals surface area contributed by atoms with Gasteiger partial charge in [-0.2, -0.15) is 0 Å². The highest BCUT2D eigenvalue weighted by Crippen LogP contribution is 2.11. The predicted octanol–water partition coefficient (Wildman–Crippen LogP) is 0.193. The summed E-state index contributed by atoms with van der Waals surface area (Å²) >= 11 is 0. The summed E-state index contributed by atoms with van der Waals surface area (Å²) in [6, 6.07) is 1.54. The lowest BCUT2D eigenvalue weighted by atomic mass is 10.2. The zero-order valence-corrected chi connectivity index (χ0v) is 12.1. The molecule has 8 heteroatoms. The second kappa shape index (κ2) is 6.36. The summed E-state index contributed by atoms with van der Waals surface area (Å²) in [4.78, 5) is 11.6. The first-order chi connectivity index (χ1) is 9.44. The summed E-state index contributed by atoms with van der Waals surface area (Å²) in [5, 5.41) is 6.19. The molecule has 0 saturated carbocycles. The number of hydrogen-bond acceptors (Lipinski definition) is 6. The van der Waals surface area contributed by atoms with Crippen molar-refractivity contribution in [1.29, 1.82) is 0 Å². The largest absolute Gasteiger partial charge is 0.376 e. The van der Waals surface area contributed by atoms with Crippen LogP contribution < -0.4 is 5.32 Å². The summed E-state index contributed by atoms with van der Waals surface area (Å²) in [7, 11) is -3.55. The minimum absolute atomic E-state index is 0.00132. The highest BCUT2D eigenvalue weighted by atomic mass is 32.2. The molecule has 2 heterocycles. The van der Waals surface area contributed by atoms with Gasteiger partial charge >= 0.3 is 0 Å². The molecule has 1 N–H and O–H groups in total. The van der Waals surface area contributed by atoms with Crippen LogP contribution in [0, 0.1) is 6.92 Å². The Morgan fingerprint density at radius 2 is 2.35 bits per heavy atom. The van der Waals surface area contributed by atoms with Crippen molar-refractivity contribution < 1.29 is 22.5 Å². The van der Waals surface area contributed by atoms with E-state index in [0.717, 1.165) is 12.8 Å². The zero-order chi connectivity index (χ0) is 14.6. The van der Waals surface area contributed by atoms with Crippen molar-refractivity contribution >= 4 is 15.7 Å². The number of nitrogens with one attached hydrogen (secondary N) is 1. The minimum atomic E-state index is -3.55. The van der Waals surface area contributed by atoms with Gasteiger partial charge in [0.25, 0.3) is 0 Å². The van der Waals surface area contributed by atoms with E-state index in [1.807, 2.05) is 0 Å². The van der Waals surface area contributed by atoms with Gasteiger partial charge in [-0.25, -0.2) is 8.42 Å². The summed E-state index contributed by atoms with van der Waals surface area (Å²) in [5.74, 6) is -1.15. The molecule has 1 saturated heterocycles. The van der Waals surface area contributed by atoms with Crippen LogP contribution in [0.3, 0.4) is 0 Å². The first-order valence-corrected chi connectivity index (χ1v) is 8.28. The summed E-state index contributed by atoms with van der Waals surface area (Å²) in [5.41, 5.74) is 0.609. The Morgan fingerprint density at radius 3 is 2.95 bits per heavy atom. The number of rotatable bonds is 6. The van der Waals surface area contributed by atoms with Crippen LogP contribution in [0.5, 0.6) is 0 Å². The number of carbonyl (C=O) groups is 1. The first kappa shape index (κ1) is 15.0. The van der Waals surface area contributed by atoms with Crippen LogP contribution in [0.4, 0.5) is 0 Å². The van der Waals surface area contributed by atoms with Crippen molar-refractivity contribution in [2.45, 2.75) is 31.6 Å². The first-order valence-electron chi connectivity index (χ1n) is 6.45. The van der Waals surface area contributed by atoms with Gasteiger partial charge in [-0.15, -0.1) is 0 Å². The molecular weight excluding hydrogens is 284 g/mol. The van der Waals surface area contributed by atoms with Crippen molar-refractivity contribution in [3.63, 3.8) is 0 Å². The highest BCUT2D eigenvalue weighted by Gasteiger charge is 2.21. The Bertz CT molecular complexity index is 560. The Kier molecular flexibility index (Phi) is 4.77. The van der Waals surface area contributed by atoms with Crippen LogP contribution in [0.2, 0.25) is 0 Å². The Hall–Kier alpha value is -1.41. The maximum atomic E-state index is 11.8. The van der Waals surface area contributed by atoms with E-state index in [9.17, 15) is 13.2 Å². The third-order valence-electron chi connectivity index (χ3n) is 2.94. The lowest BCUT2D eigenvalue weighted by Crippen LogP contribution is -2.36. The van der Waals surface area contributed by atoms with Crippen LogP contribution in [-0.2, 0) is 25.1 Å². The number of amides is 1. The molecule has 1 amide bonds. The quantitative estimate of drug-likeness (QED) is 0.805.